The Balaban J connectivity index is 2.42. The Kier molecular flexibility index (Phi) is 3.15. The first-order chi connectivity index (χ1) is 8.06. The van der Waals surface area contributed by atoms with Gasteiger partial charge in [0.05, 0.1) is 12.6 Å². The molecule has 1 aromatic heterocycles. The van der Waals surface area contributed by atoms with Crippen LogP contribution in [0.25, 0.3) is 11.1 Å². The van der Waals surface area contributed by atoms with E-state index in [0.717, 1.165) is 16.7 Å². The van der Waals surface area contributed by atoms with Gasteiger partial charge >= 0.3 is 5.97 Å². The molecule has 1 heterocycles. The predicted octanol–water partition coefficient (Wildman–Crippen LogP) is 2.37. The summed E-state index contributed by atoms with van der Waals surface area (Å²) in [7, 11) is 1.82. The van der Waals surface area contributed by atoms with Crippen LogP contribution >= 0.6 is 11.6 Å². The summed E-state index contributed by atoms with van der Waals surface area (Å²) < 4.78 is 1.68. The van der Waals surface area contributed by atoms with Gasteiger partial charge in [0.15, 0.2) is 0 Å². The number of nitrogens with zero attached hydrogens (tertiary/aromatic N) is 2. The number of halogens is 1. The lowest BCUT2D eigenvalue weighted by Gasteiger charge is -2.04. The lowest BCUT2D eigenvalue weighted by molar-refractivity contribution is -0.136. The van der Waals surface area contributed by atoms with Crippen molar-refractivity contribution >= 4 is 17.6 Å². The van der Waals surface area contributed by atoms with Crippen LogP contribution in [0, 0.1) is 0 Å². The summed E-state index contributed by atoms with van der Waals surface area (Å²) in [5.74, 6) is -0.857. The smallest absolute Gasteiger partial charge is 0.307 e. The second kappa shape index (κ2) is 4.59. The molecule has 0 radical (unpaired) electrons. The third-order valence-electron chi connectivity index (χ3n) is 2.40. The predicted molar refractivity (Wildman–Crippen MR) is 65.0 cm³/mol. The zero-order valence-corrected chi connectivity index (χ0v) is 9.98. The van der Waals surface area contributed by atoms with E-state index in [1.54, 1.807) is 29.1 Å². The molecule has 2 aromatic rings. The first kappa shape index (κ1) is 11.7. The lowest BCUT2D eigenvalue weighted by atomic mass is 10.0. The molecule has 0 fully saturated rings. The van der Waals surface area contributed by atoms with Crippen LogP contribution in [0.2, 0.25) is 5.02 Å². The number of hydrogen-bond donors (Lipinski definition) is 1. The Labute approximate surface area is 103 Å². The molecule has 0 saturated carbocycles. The third-order valence-corrected chi connectivity index (χ3v) is 2.73. The maximum atomic E-state index is 10.7. The second-order valence-corrected chi connectivity index (χ2v) is 4.19. The zero-order chi connectivity index (χ0) is 12.4. The van der Waals surface area contributed by atoms with Crippen LogP contribution < -0.4 is 0 Å². The van der Waals surface area contributed by atoms with Crippen LogP contribution in [0.3, 0.4) is 0 Å². The molecule has 17 heavy (non-hydrogen) atoms. The molecule has 0 saturated heterocycles. The van der Waals surface area contributed by atoms with Crippen molar-refractivity contribution in [2.75, 3.05) is 0 Å². The van der Waals surface area contributed by atoms with Gasteiger partial charge in [-0.05, 0) is 17.7 Å². The molecule has 0 atom stereocenters. The van der Waals surface area contributed by atoms with Gasteiger partial charge in [-0.3, -0.25) is 9.48 Å². The number of carbonyl (C=O) groups is 1. The van der Waals surface area contributed by atoms with E-state index in [1.165, 1.54) is 0 Å². The summed E-state index contributed by atoms with van der Waals surface area (Å²) >= 11 is 6.09. The molecule has 0 unspecified atom stereocenters. The minimum Gasteiger partial charge on any atom is -0.481 e. The van der Waals surface area contributed by atoms with Crippen molar-refractivity contribution in [2.24, 2.45) is 7.05 Å². The van der Waals surface area contributed by atoms with Gasteiger partial charge in [-0.15, -0.1) is 0 Å². The maximum Gasteiger partial charge on any atom is 0.307 e. The van der Waals surface area contributed by atoms with Gasteiger partial charge in [0.25, 0.3) is 0 Å². The summed E-state index contributed by atoms with van der Waals surface area (Å²) in [5, 5.41) is 13.4. The molecule has 1 N–H and O–H groups in total. The molecular formula is C12H11ClN2O2. The highest BCUT2D eigenvalue weighted by atomic mass is 35.5. The van der Waals surface area contributed by atoms with Gasteiger partial charge in [-0.25, -0.2) is 0 Å². The molecule has 0 aliphatic carbocycles. The summed E-state index contributed by atoms with van der Waals surface area (Å²) in [4.78, 5) is 10.7. The molecule has 0 amide bonds. The fourth-order valence-electron chi connectivity index (χ4n) is 1.64. The van der Waals surface area contributed by atoms with E-state index in [4.69, 9.17) is 16.7 Å². The van der Waals surface area contributed by atoms with E-state index in [9.17, 15) is 4.79 Å². The summed E-state index contributed by atoms with van der Waals surface area (Å²) in [6, 6.07) is 5.21. The van der Waals surface area contributed by atoms with E-state index in [1.807, 2.05) is 13.2 Å². The first-order valence-electron chi connectivity index (χ1n) is 5.05. The normalized spacial score (nSPS) is 10.5. The summed E-state index contributed by atoms with van der Waals surface area (Å²) in [6.45, 7) is 0. The number of aryl methyl sites for hydroxylation is 1. The Bertz CT molecular complexity index is 563. The van der Waals surface area contributed by atoms with Gasteiger partial charge in [-0.1, -0.05) is 17.7 Å². The third kappa shape index (κ3) is 2.65. The van der Waals surface area contributed by atoms with Gasteiger partial charge in [-0.2, -0.15) is 5.10 Å². The number of benzene rings is 1. The van der Waals surface area contributed by atoms with Crippen LogP contribution in [0.5, 0.6) is 0 Å². The summed E-state index contributed by atoms with van der Waals surface area (Å²) in [6.07, 6.45) is 3.53. The number of aromatic nitrogens is 2. The quantitative estimate of drug-likeness (QED) is 0.910. The molecule has 0 bridgehead atoms. The van der Waals surface area contributed by atoms with Crippen molar-refractivity contribution in [3.8, 4) is 11.1 Å². The SMILES string of the molecule is Cn1cc(-c2cc(CC(=O)O)ccc2Cl)cn1. The zero-order valence-electron chi connectivity index (χ0n) is 9.22. The van der Waals surface area contributed by atoms with Crippen LogP contribution in [0.4, 0.5) is 0 Å². The van der Waals surface area contributed by atoms with Crippen molar-refractivity contribution < 1.29 is 9.90 Å². The van der Waals surface area contributed by atoms with E-state index in [2.05, 4.69) is 5.10 Å². The van der Waals surface area contributed by atoms with Gasteiger partial charge < -0.3 is 5.11 Å². The molecule has 1 aromatic carbocycles. The number of carboxylic acid groups (broad SMARTS) is 1. The van der Waals surface area contributed by atoms with Gasteiger partial charge in [0.2, 0.25) is 0 Å². The number of hydrogen-bond acceptors (Lipinski definition) is 2. The molecule has 0 aliphatic rings. The largest absolute Gasteiger partial charge is 0.481 e. The van der Waals surface area contributed by atoms with Crippen molar-refractivity contribution in [3.63, 3.8) is 0 Å². The Morgan fingerprint density at radius 2 is 2.29 bits per heavy atom. The second-order valence-electron chi connectivity index (χ2n) is 3.79. The van der Waals surface area contributed by atoms with Crippen LogP contribution in [0.1, 0.15) is 5.56 Å². The Morgan fingerprint density at radius 1 is 1.53 bits per heavy atom. The highest BCUT2D eigenvalue weighted by Crippen LogP contribution is 2.28. The van der Waals surface area contributed by atoms with E-state index < -0.39 is 5.97 Å². The van der Waals surface area contributed by atoms with Crippen LogP contribution in [0.15, 0.2) is 30.6 Å². The Hall–Kier alpha value is -1.81. The standard InChI is InChI=1S/C12H11ClN2O2/c1-15-7-9(6-14-15)10-4-8(5-12(16)17)2-3-11(10)13/h2-4,6-7H,5H2,1H3,(H,16,17). The monoisotopic (exact) mass is 250 g/mol. The van der Waals surface area contributed by atoms with E-state index in [-0.39, 0.29) is 6.42 Å². The molecule has 4 nitrogen and oxygen atoms in total. The fourth-order valence-corrected chi connectivity index (χ4v) is 1.87. The van der Waals surface area contributed by atoms with Gasteiger partial charge in [0, 0.05) is 29.4 Å². The lowest BCUT2D eigenvalue weighted by Crippen LogP contribution is -1.99. The molecule has 0 aliphatic heterocycles. The van der Waals surface area contributed by atoms with Crippen LogP contribution in [-0.2, 0) is 18.3 Å². The summed E-state index contributed by atoms with van der Waals surface area (Å²) in [5.41, 5.74) is 2.41. The van der Waals surface area contributed by atoms with Crippen molar-refractivity contribution in [1.29, 1.82) is 0 Å². The van der Waals surface area contributed by atoms with E-state index >= 15 is 0 Å². The molecule has 5 heteroatoms. The molecule has 88 valence electrons. The minimum atomic E-state index is -0.857. The fraction of sp³-hybridized carbons (Fsp3) is 0.167. The number of aliphatic carboxylic acids is 1. The topological polar surface area (TPSA) is 55.1 Å². The molecule has 0 spiro atoms. The average Bonchev–Trinajstić information content (AvgIpc) is 2.67. The highest BCUT2D eigenvalue weighted by Gasteiger charge is 2.08. The average molecular weight is 251 g/mol. The first-order valence-corrected chi connectivity index (χ1v) is 5.43. The maximum absolute atomic E-state index is 10.7. The Morgan fingerprint density at radius 3 is 2.88 bits per heavy atom. The van der Waals surface area contributed by atoms with Crippen molar-refractivity contribution in [3.05, 3.63) is 41.2 Å². The van der Waals surface area contributed by atoms with Crippen molar-refractivity contribution in [1.82, 2.24) is 9.78 Å². The van der Waals surface area contributed by atoms with Crippen molar-refractivity contribution in [2.45, 2.75) is 6.42 Å². The van der Waals surface area contributed by atoms with Gasteiger partial charge in [0.1, 0.15) is 0 Å². The molecule has 2 rings (SSSR count). The van der Waals surface area contributed by atoms with E-state index in [0.29, 0.717) is 5.02 Å². The molecular weight excluding hydrogens is 240 g/mol. The number of rotatable bonds is 3. The highest BCUT2D eigenvalue weighted by molar-refractivity contribution is 6.33. The van der Waals surface area contributed by atoms with Crippen LogP contribution in [-0.4, -0.2) is 20.9 Å². The number of carboxylic acids is 1. The minimum absolute atomic E-state index is 0.00949.